The molecule has 1 aromatic heterocycles. The summed E-state index contributed by atoms with van der Waals surface area (Å²) >= 11 is 1.25. The van der Waals surface area contributed by atoms with E-state index in [-0.39, 0.29) is 0 Å². The van der Waals surface area contributed by atoms with Crippen LogP contribution in [0.25, 0.3) is 10.2 Å². The fourth-order valence-electron chi connectivity index (χ4n) is 1.20. The number of aldehydes is 1. The first-order valence-electron chi connectivity index (χ1n) is 4.30. The number of aliphatic carboxylic acids is 1. The van der Waals surface area contributed by atoms with Gasteiger partial charge in [-0.3, -0.25) is 4.79 Å². The maximum Gasteiger partial charge on any atom is 0.382 e. The molecular weight excluding hydrogens is 226 g/mol. The zero-order valence-corrected chi connectivity index (χ0v) is 8.75. The van der Waals surface area contributed by atoms with Crippen molar-refractivity contribution in [2.24, 2.45) is 0 Å². The Bertz CT molecular complexity index is 633. The maximum atomic E-state index is 10.5. The Hall–Kier alpha value is -2.19. The van der Waals surface area contributed by atoms with E-state index in [1.807, 2.05) is 5.92 Å². The molecule has 0 fully saturated rings. The van der Waals surface area contributed by atoms with Crippen molar-refractivity contribution in [1.82, 2.24) is 4.98 Å². The minimum absolute atomic E-state index is 0.401. The van der Waals surface area contributed by atoms with Gasteiger partial charge in [0, 0.05) is 11.5 Å². The van der Waals surface area contributed by atoms with Gasteiger partial charge in [-0.05, 0) is 18.2 Å². The first-order chi connectivity index (χ1) is 7.69. The smallest absolute Gasteiger partial charge is 0.382 e. The molecule has 0 aliphatic carbocycles. The van der Waals surface area contributed by atoms with E-state index in [1.165, 1.54) is 11.3 Å². The van der Waals surface area contributed by atoms with Gasteiger partial charge in [-0.25, -0.2) is 9.78 Å². The van der Waals surface area contributed by atoms with E-state index in [0.29, 0.717) is 22.4 Å². The van der Waals surface area contributed by atoms with Crippen molar-refractivity contribution in [3.05, 3.63) is 28.8 Å². The van der Waals surface area contributed by atoms with Crippen molar-refractivity contribution in [1.29, 1.82) is 0 Å². The Kier molecular flexibility index (Phi) is 2.66. The molecule has 16 heavy (non-hydrogen) atoms. The molecule has 0 saturated carbocycles. The number of hydrogen-bond donors (Lipinski definition) is 1. The van der Waals surface area contributed by atoms with Gasteiger partial charge in [0.25, 0.3) is 0 Å². The molecule has 0 amide bonds. The summed E-state index contributed by atoms with van der Waals surface area (Å²) in [5, 5.41) is 8.80. The molecule has 1 aromatic carbocycles. The molecular formula is C11H5NO3S. The van der Waals surface area contributed by atoms with Crippen LogP contribution >= 0.6 is 11.3 Å². The molecule has 0 unspecified atom stereocenters. The monoisotopic (exact) mass is 231 g/mol. The second-order valence-corrected chi connectivity index (χ2v) is 3.97. The fourth-order valence-corrected chi connectivity index (χ4v) is 2.02. The van der Waals surface area contributed by atoms with Crippen molar-refractivity contribution >= 4 is 33.8 Å². The zero-order chi connectivity index (χ0) is 11.5. The number of thiazole rings is 1. The standard InChI is InChI=1S/C11H5NO3S/c13-6-10-12-8-3-1-7(2-4-11(14)15)5-9(8)16-10/h1,3,5-6H,(H,14,15). The Balaban J connectivity index is 2.48. The highest BCUT2D eigenvalue weighted by Crippen LogP contribution is 2.21. The first-order valence-corrected chi connectivity index (χ1v) is 5.11. The highest BCUT2D eigenvalue weighted by Gasteiger charge is 2.02. The number of carbonyl (C=O) groups excluding carboxylic acids is 1. The van der Waals surface area contributed by atoms with Crippen LogP contribution in [0.4, 0.5) is 0 Å². The van der Waals surface area contributed by atoms with Crippen LogP contribution in [-0.2, 0) is 4.79 Å². The molecule has 2 rings (SSSR count). The lowest BCUT2D eigenvalue weighted by molar-refractivity contribution is -0.130. The van der Waals surface area contributed by atoms with Crippen LogP contribution in [0.15, 0.2) is 18.2 Å². The molecule has 0 atom stereocenters. The Morgan fingerprint density at radius 2 is 2.31 bits per heavy atom. The van der Waals surface area contributed by atoms with Crippen LogP contribution in [0.5, 0.6) is 0 Å². The molecule has 0 radical (unpaired) electrons. The largest absolute Gasteiger partial charge is 0.472 e. The van der Waals surface area contributed by atoms with Gasteiger partial charge in [-0.2, -0.15) is 0 Å². The average molecular weight is 231 g/mol. The van der Waals surface area contributed by atoms with Gasteiger partial charge >= 0.3 is 5.97 Å². The van der Waals surface area contributed by atoms with Crippen molar-refractivity contribution < 1.29 is 14.7 Å². The first kappa shape index (κ1) is 10.3. The minimum Gasteiger partial charge on any atom is -0.472 e. The van der Waals surface area contributed by atoms with Crippen molar-refractivity contribution in [3.8, 4) is 11.8 Å². The number of nitrogens with zero attached hydrogens (tertiary/aromatic N) is 1. The third kappa shape index (κ3) is 2.07. The van der Waals surface area contributed by atoms with Gasteiger partial charge in [0.05, 0.1) is 10.2 Å². The molecule has 2 aromatic rings. The Morgan fingerprint density at radius 3 is 3.00 bits per heavy atom. The van der Waals surface area contributed by atoms with E-state index in [2.05, 4.69) is 10.9 Å². The van der Waals surface area contributed by atoms with Crippen LogP contribution in [0, 0.1) is 11.8 Å². The molecule has 0 spiro atoms. The SMILES string of the molecule is O=Cc1nc2ccc(C#CC(=O)O)cc2s1. The third-order valence-corrected chi connectivity index (χ3v) is 2.76. The minimum atomic E-state index is -1.17. The molecule has 0 bridgehead atoms. The van der Waals surface area contributed by atoms with E-state index in [4.69, 9.17) is 5.11 Å². The predicted molar refractivity (Wildman–Crippen MR) is 59.5 cm³/mol. The number of benzene rings is 1. The van der Waals surface area contributed by atoms with Crippen molar-refractivity contribution in [3.63, 3.8) is 0 Å². The highest BCUT2D eigenvalue weighted by atomic mass is 32.1. The molecule has 0 saturated heterocycles. The van der Waals surface area contributed by atoms with Gasteiger partial charge in [-0.1, -0.05) is 5.92 Å². The quantitative estimate of drug-likeness (QED) is 0.597. The second-order valence-electron chi connectivity index (χ2n) is 2.91. The summed E-state index contributed by atoms with van der Waals surface area (Å²) in [6.07, 6.45) is 0.688. The second kappa shape index (κ2) is 4.13. The number of aromatic nitrogens is 1. The van der Waals surface area contributed by atoms with E-state index < -0.39 is 5.97 Å². The number of carbonyl (C=O) groups is 2. The molecule has 1 N–H and O–H groups in total. The summed E-state index contributed by atoms with van der Waals surface area (Å²) in [6.45, 7) is 0. The van der Waals surface area contributed by atoms with Gasteiger partial charge in [0.2, 0.25) is 0 Å². The lowest BCUT2D eigenvalue weighted by Crippen LogP contribution is -1.86. The summed E-state index contributed by atoms with van der Waals surface area (Å²) in [6, 6.07) is 5.10. The van der Waals surface area contributed by atoms with E-state index in [1.54, 1.807) is 18.2 Å². The van der Waals surface area contributed by atoms with Crippen LogP contribution < -0.4 is 0 Å². The lowest BCUT2D eigenvalue weighted by Gasteiger charge is -1.88. The normalized spacial score (nSPS) is 9.50. The Labute approximate surface area is 94.5 Å². The summed E-state index contributed by atoms with van der Waals surface area (Å²) in [5.41, 5.74) is 1.31. The van der Waals surface area contributed by atoms with Crippen LogP contribution in [0.1, 0.15) is 15.4 Å². The van der Waals surface area contributed by atoms with Crippen LogP contribution in [0.3, 0.4) is 0 Å². The highest BCUT2D eigenvalue weighted by molar-refractivity contribution is 7.20. The van der Waals surface area contributed by atoms with Crippen molar-refractivity contribution in [2.45, 2.75) is 0 Å². The molecule has 0 aliphatic heterocycles. The third-order valence-electron chi connectivity index (χ3n) is 1.82. The van der Waals surface area contributed by atoms with E-state index in [0.717, 1.165) is 4.70 Å². The molecule has 5 heteroatoms. The summed E-state index contributed by atoms with van der Waals surface area (Å²) in [4.78, 5) is 24.8. The zero-order valence-electron chi connectivity index (χ0n) is 7.93. The van der Waals surface area contributed by atoms with E-state index >= 15 is 0 Å². The number of hydrogen-bond acceptors (Lipinski definition) is 4. The number of rotatable bonds is 1. The van der Waals surface area contributed by atoms with E-state index in [9.17, 15) is 9.59 Å². The summed E-state index contributed by atoms with van der Waals surface area (Å²) < 4.78 is 0.819. The molecule has 78 valence electrons. The van der Waals surface area contributed by atoms with Gasteiger partial charge in [0.1, 0.15) is 0 Å². The molecule has 4 nitrogen and oxygen atoms in total. The van der Waals surface area contributed by atoms with Crippen molar-refractivity contribution in [2.75, 3.05) is 0 Å². The average Bonchev–Trinajstić information content (AvgIpc) is 2.68. The lowest BCUT2D eigenvalue weighted by atomic mass is 10.2. The summed E-state index contributed by atoms with van der Waals surface area (Å²) in [5.74, 6) is 3.36. The number of fused-ring (bicyclic) bond motifs is 1. The number of carboxylic acid groups (broad SMARTS) is 1. The Morgan fingerprint density at radius 1 is 1.50 bits per heavy atom. The predicted octanol–water partition coefficient (Wildman–Crippen LogP) is 1.54. The summed E-state index contributed by atoms with van der Waals surface area (Å²) in [7, 11) is 0. The van der Waals surface area contributed by atoms with Gasteiger partial charge in [-0.15, -0.1) is 11.3 Å². The maximum absolute atomic E-state index is 10.5. The van der Waals surface area contributed by atoms with Crippen LogP contribution in [0.2, 0.25) is 0 Å². The molecule has 0 aliphatic rings. The fraction of sp³-hybridized carbons (Fsp3) is 0. The van der Waals surface area contributed by atoms with Gasteiger partial charge < -0.3 is 5.11 Å². The topological polar surface area (TPSA) is 67.3 Å². The molecule has 1 heterocycles. The van der Waals surface area contributed by atoms with Gasteiger partial charge in [0.15, 0.2) is 11.3 Å². The number of carboxylic acids is 1. The van der Waals surface area contributed by atoms with Crippen LogP contribution in [-0.4, -0.2) is 22.3 Å².